The van der Waals surface area contributed by atoms with E-state index >= 15 is 0 Å². The van der Waals surface area contributed by atoms with Gasteiger partial charge in [0.1, 0.15) is 0 Å². The second kappa shape index (κ2) is 4.94. The molecule has 0 spiro atoms. The lowest BCUT2D eigenvalue weighted by Crippen LogP contribution is -2.43. The molecule has 0 amide bonds. The summed E-state index contributed by atoms with van der Waals surface area (Å²) in [6.07, 6.45) is 1.50. The molecule has 0 aromatic rings. The van der Waals surface area contributed by atoms with Crippen LogP contribution in [0, 0.1) is 5.92 Å². The van der Waals surface area contributed by atoms with Gasteiger partial charge >= 0.3 is 5.97 Å². The van der Waals surface area contributed by atoms with Gasteiger partial charge in [-0.2, -0.15) is 0 Å². The summed E-state index contributed by atoms with van der Waals surface area (Å²) in [6, 6.07) is 0.333. The van der Waals surface area contributed by atoms with Crippen molar-refractivity contribution in [3.8, 4) is 0 Å². The maximum atomic E-state index is 10.8. The molecule has 2 unspecified atom stereocenters. The first-order valence-electron chi connectivity index (χ1n) is 4.81. The lowest BCUT2D eigenvalue weighted by Gasteiger charge is -2.35. The molecule has 4 heteroatoms. The summed E-state index contributed by atoms with van der Waals surface area (Å²) in [5.74, 6) is -0.820. The fourth-order valence-electron chi connectivity index (χ4n) is 1.90. The van der Waals surface area contributed by atoms with Crippen LogP contribution in [0.5, 0.6) is 0 Å². The van der Waals surface area contributed by atoms with Gasteiger partial charge in [0, 0.05) is 17.1 Å². The molecule has 1 rings (SSSR count). The summed E-state index contributed by atoms with van der Waals surface area (Å²) in [4.78, 5) is 13.0. The van der Waals surface area contributed by atoms with Crippen LogP contribution >= 0.6 is 15.9 Å². The van der Waals surface area contributed by atoms with Crippen LogP contribution in [0.25, 0.3) is 0 Å². The van der Waals surface area contributed by atoms with E-state index in [1.54, 1.807) is 0 Å². The monoisotopic (exact) mass is 261 g/mol. The molecule has 1 aliphatic rings. The third-order valence-electron chi connectivity index (χ3n) is 2.74. The third kappa shape index (κ3) is 3.10. The second-order valence-corrected chi connectivity index (χ2v) is 5.02. The number of carboxylic acids is 1. The highest BCUT2D eigenvalue weighted by Gasteiger charge is 2.29. The Bertz CT molecular complexity index is 242. The zero-order valence-corrected chi connectivity index (χ0v) is 9.96. The van der Waals surface area contributed by atoms with Crippen LogP contribution in [0.3, 0.4) is 0 Å². The summed E-state index contributed by atoms with van der Waals surface area (Å²) < 4.78 is 0.957. The average Bonchev–Trinajstić information content (AvgIpc) is 2.07. The first-order chi connectivity index (χ1) is 6.50. The maximum Gasteiger partial charge on any atom is 0.306 e. The van der Waals surface area contributed by atoms with Crippen molar-refractivity contribution in [3.63, 3.8) is 0 Å². The van der Waals surface area contributed by atoms with Crippen LogP contribution in [0.2, 0.25) is 0 Å². The average molecular weight is 262 g/mol. The van der Waals surface area contributed by atoms with Crippen LogP contribution in [0.15, 0.2) is 11.1 Å². The Kier molecular flexibility index (Phi) is 4.13. The van der Waals surface area contributed by atoms with Gasteiger partial charge in [-0.1, -0.05) is 22.5 Å². The van der Waals surface area contributed by atoms with Crippen LogP contribution in [-0.2, 0) is 4.79 Å². The van der Waals surface area contributed by atoms with Crippen molar-refractivity contribution in [2.45, 2.75) is 25.8 Å². The molecule has 0 saturated carbocycles. The van der Waals surface area contributed by atoms with Crippen molar-refractivity contribution in [1.82, 2.24) is 4.90 Å². The van der Waals surface area contributed by atoms with Gasteiger partial charge in [0.15, 0.2) is 0 Å². The van der Waals surface area contributed by atoms with Gasteiger partial charge in [0.25, 0.3) is 0 Å². The quantitative estimate of drug-likeness (QED) is 0.846. The predicted octanol–water partition coefficient (Wildman–Crippen LogP) is 2.08. The van der Waals surface area contributed by atoms with Crippen LogP contribution in [-0.4, -0.2) is 35.1 Å². The fourth-order valence-corrected chi connectivity index (χ4v) is 2.22. The Morgan fingerprint density at radius 1 is 1.71 bits per heavy atom. The zero-order valence-electron chi connectivity index (χ0n) is 8.37. The normalized spacial score (nSPS) is 28.7. The van der Waals surface area contributed by atoms with Gasteiger partial charge in [-0.3, -0.25) is 9.69 Å². The molecule has 0 aromatic carbocycles. The third-order valence-corrected chi connectivity index (χ3v) is 2.99. The molecular formula is C10H16BrNO2. The van der Waals surface area contributed by atoms with Crippen LogP contribution < -0.4 is 0 Å². The summed E-state index contributed by atoms with van der Waals surface area (Å²) >= 11 is 3.33. The lowest BCUT2D eigenvalue weighted by molar-refractivity contribution is -0.143. The van der Waals surface area contributed by atoms with Crippen LogP contribution in [0.4, 0.5) is 0 Å². The second-order valence-electron chi connectivity index (χ2n) is 3.90. The van der Waals surface area contributed by atoms with E-state index in [4.69, 9.17) is 5.11 Å². The molecule has 0 bridgehead atoms. The number of aliphatic carboxylic acids is 1. The van der Waals surface area contributed by atoms with Crippen molar-refractivity contribution in [1.29, 1.82) is 0 Å². The smallest absolute Gasteiger partial charge is 0.306 e. The molecule has 2 atom stereocenters. The number of hydrogen-bond donors (Lipinski definition) is 1. The summed E-state index contributed by atoms with van der Waals surface area (Å²) in [6.45, 7) is 7.53. The van der Waals surface area contributed by atoms with Crippen molar-refractivity contribution in [2.24, 2.45) is 5.92 Å². The Hall–Kier alpha value is -0.350. The Labute approximate surface area is 92.9 Å². The molecule has 0 radical (unpaired) electrons. The van der Waals surface area contributed by atoms with Gasteiger partial charge < -0.3 is 5.11 Å². The standard InChI is InChI=1S/C10H16BrNO2/c1-7(11)6-12-4-3-9(10(13)14)5-8(12)2/h8-9H,1,3-6H2,2H3,(H,13,14). The van der Waals surface area contributed by atoms with Crippen molar-refractivity contribution in [2.75, 3.05) is 13.1 Å². The topological polar surface area (TPSA) is 40.5 Å². The number of hydrogen-bond acceptors (Lipinski definition) is 2. The highest BCUT2D eigenvalue weighted by Crippen LogP contribution is 2.24. The van der Waals surface area contributed by atoms with Crippen molar-refractivity contribution in [3.05, 3.63) is 11.1 Å². The largest absolute Gasteiger partial charge is 0.481 e. The van der Waals surface area contributed by atoms with Gasteiger partial charge in [0.2, 0.25) is 0 Å². The Morgan fingerprint density at radius 3 is 2.79 bits per heavy atom. The van der Waals surface area contributed by atoms with Crippen molar-refractivity contribution >= 4 is 21.9 Å². The minimum atomic E-state index is -0.658. The molecule has 1 N–H and O–H groups in total. The molecule has 80 valence electrons. The minimum absolute atomic E-state index is 0.162. The maximum absolute atomic E-state index is 10.8. The minimum Gasteiger partial charge on any atom is -0.481 e. The fraction of sp³-hybridized carbons (Fsp3) is 0.700. The highest BCUT2D eigenvalue weighted by atomic mass is 79.9. The molecule has 3 nitrogen and oxygen atoms in total. The van der Waals surface area contributed by atoms with E-state index < -0.39 is 5.97 Å². The molecule has 0 aliphatic carbocycles. The summed E-state index contributed by atoms with van der Waals surface area (Å²) in [7, 11) is 0. The van der Waals surface area contributed by atoms with Crippen LogP contribution in [0.1, 0.15) is 19.8 Å². The number of piperidine rings is 1. The Morgan fingerprint density at radius 2 is 2.36 bits per heavy atom. The van der Waals surface area contributed by atoms with E-state index in [9.17, 15) is 4.79 Å². The molecule has 14 heavy (non-hydrogen) atoms. The molecule has 0 aromatic heterocycles. The zero-order chi connectivity index (χ0) is 10.7. The van der Waals surface area contributed by atoms with Crippen molar-refractivity contribution < 1.29 is 9.90 Å². The van der Waals surface area contributed by atoms with E-state index in [1.165, 1.54) is 0 Å². The van der Waals surface area contributed by atoms with E-state index in [0.717, 1.165) is 30.4 Å². The molecule has 1 fully saturated rings. The van der Waals surface area contributed by atoms with Gasteiger partial charge in [0.05, 0.1) is 5.92 Å². The first-order valence-corrected chi connectivity index (χ1v) is 5.60. The van der Waals surface area contributed by atoms with E-state index in [-0.39, 0.29) is 5.92 Å². The van der Waals surface area contributed by atoms with Gasteiger partial charge in [-0.25, -0.2) is 0 Å². The van der Waals surface area contributed by atoms with Gasteiger partial charge in [-0.05, 0) is 26.3 Å². The van der Waals surface area contributed by atoms with Gasteiger partial charge in [-0.15, -0.1) is 0 Å². The SMILES string of the molecule is C=C(Br)CN1CCC(C(=O)O)CC1C. The number of nitrogens with zero attached hydrogens (tertiary/aromatic N) is 1. The Balaban J connectivity index is 2.47. The lowest BCUT2D eigenvalue weighted by atomic mass is 9.92. The molecule has 1 aliphatic heterocycles. The predicted molar refractivity (Wildman–Crippen MR) is 59.5 cm³/mol. The number of rotatable bonds is 3. The molecule has 1 heterocycles. The highest BCUT2D eigenvalue weighted by molar-refractivity contribution is 9.11. The summed E-state index contributed by atoms with van der Waals surface area (Å²) in [5.41, 5.74) is 0. The molecular weight excluding hydrogens is 246 g/mol. The number of carbonyl (C=O) groups is 1. The number of carboxylic acid groups (broad SMARTS) is 1. The number of halogens is 1. The first kappa shape index (κ1) is 11.7. The molecule has 1 saturated heterocycles. The van der Waals surface area contributed by atoms with E-state index in [1.807, 2.05) is 0 Å². The van der Waals surface area contributed by atoms with E-state index in [0.29, 0.717) is 6.04 Å². The summed E-state index contributed by atoms with van der Waals surface area (Å²) in [5, 5.41) is 8.88. The van der Waals surface area contributed by atoms with E-state index in [2.05, 4.69) is 34.3 Å². The number of likely N-dealkylation sites (tertiary alicyclic amines) is 1.